The van der Waals surface area contributed by atoms with Gasteiger partial charge in [-0.3, -0.25) is 19.2 Å². The Morgan fingerprint density at radius 2 is 1.91 bits per heavy atom. The molecule has 4 rings (SSSR count). The number of aliphatic hydroxyl groups is 2. The highest BCUT2D eigenvalue weighted by molar-refractivity contribution is 6.01. The van der Waals surface area contributed by atoms with Gasteiger partial charge in [-0.2, -0.15) is 0 Å². The van der Waals surface area contributed by atoms with Crippen LogP contribution in [0.25, 0.3) is 0 Å². The zero-order valence-corrected chi connectivity index (χ0v) is 20.0. The number of carbonyl (C=O) groups is 4. The number of aliphatic hydroxyl groups excluding tert-OH is 1. The lowest BCUT2D eigenvalue weighted by atomic mass is 9.45. The molecule has 0 aromatic heterocycles. The summed E-state index contributed by atoms with van der Waals surface area (Å²) in [5.74, 6) is -2.51. The Hall–Kier alpha value is -2.32. The Balaban J connectivity index is 1.56. The Morgan fingerprint density at radius 3 is 2.59 bits per heavy atom. The molecule has 0 bridgehead atoms. The van der Waals surface area contributed by atoms with Crippen molar-refractivity contribution in [1.82, 2.24) is 0 Å². The largest absolute Gasteiger partial charge is 0.481 e. The maximum absolute atomic E-state index is 13.1. The quantitative estimate of drug-likeness (QED) is 0.498. The Bertz CT molecular complexity index is 981. The van der Waals surface area contributed by atoms with Crippen molar-refractivity contribution in [3.63, 3.8) is 0 Å². The van der Waals surface area contributed by atoms with Crippen LogP contribution >= 0.6 is 0 Å². The third-order valence-electron chi connectivity index (χ3n) is 9.34. The third kappa shape index (κ3) is 3.66. The standard InChI is InChI=1S/C26H34O8/c1-14-10-16-17-7-9-26(33,20(29)13-34-22(32)5-4-21(30)31)25(17,3)12-19(28)23(16)24(2)8-6-15(27)11-18(14)24/h6,8,11,14,16-17,19,23,28,33H,4-5,7,9-10,12-13H2,1-3H3,(H,30,31)/t14?,16?,17?,19?,23?,24-,25-,26-/m0/s1. The molecule has 8 nitrogen and oxygen atoms in total. The third-order valence-corrected chi connectivity index (χ3v) is 9.34. The summed E-state index contributed by atoms with van der Waals surface area (Å²) in [4.78, 5) is 47.7. The van der Waals surface area contributed by atoms with E-state index in [1.807, 2.05) is 13.0 Å². The molecule has 0 radical (unpaired) electrons. The highest BCUT2D eigenvalue weighted by Gasteiger charge is 2.68. The van der Waals surface area contributed by atoms with Crippen LogP contribution in [0.4, 0.5) is 0 Å². The molecule has 0 aromatic rings. The average Bonchev–Trinajstić information content (AvgIpc) is 3.03. The molecular formula is C26H34O8. The van der Waals surface area contributed by atoms with Crippen molar-refractivity contribution in [2.75, 3.05) is 6.61 Å². The molecule has 8 heteroatoms. The maximum Gasteiger partial charge on any atom is 0.306 e. The van der Waals surface area contributed by atoms with Crippen LogP contribution in [0.3, 0.4) is 0 Å². The van der Waals surface area contributed by atoms with E-state index in [2.05, 4.69) is 13.8 Å². The summed E-state index contributed by atoms with van der Waals surface area (Å²) in [6.07, 6.45) is 5.52. The predicted octanol–water partition coefficient (Wildman–Crippen LogP) is 2.22. The van der Waals surface area contributed by atoms with Gasteiger partial charge in [0.2, 0.25) is 5.78 Å². The Labute approximate surface area is 199 Å². The summed E-state index contributed by atoms with van der Waals surface area (Å²) in [6, 6.07) is 0. The van der Waals surface area contributed by atoms with E-state index in [4.69, 9.17) is 9.84 Å². The number of esters is 1. The summed E-state index contributed by atoms with van der Waals surface area (Å²) in [7, 11) is 0. The van der Waals surface area contributed by atoms with Gasteiger partial charge < -0.3 is 20.1 Å². The number of ketones is 2. The van der Waals surface area contributed by atoms with Gasteiger partial charge in [0, 0.05) is 16.7 Å². The molecule has 0 heterocycles. The number of fused-ring (bicyclic) bond motifs is 5. The van der Waals surface area contributed by atoms with Crippen molar-refractivity contribution in [3.8, 4) is 0 Å². The van der Waals surface area contributed by atoms with Gasteiger partial charge in [0.15, 0.2) is 12.4 Å². The van der Waals surface area contributed by atoms with E-state index in [1.165, 1.54) is 0 Å². The minimum absolute atomic E-state index is 0.00980. The lowest BCUT2D eigenvalue weighted by molar-refractivity contribution is -0.182. The van der Waals surface area contributed by atoms with Gasteiger partial charge in [0.1, 0.15) is 5.60 Å². The molecule has 34 heavy (non-hydrogen) atoms. The fourth-order valence-corrected chi connectivity index (χ4v) is 7.76. The summed E-state index contributed by atoms with van der Waals surface area (Å²) >= 11 is 0. The summed E-state index contributed by atoms with van der Waals surface area (Å²) in [5, 5.41) is 31.7. The van der Waals surface area contributed by atoms with Crippen molar-refractivity contribution < 1.29 is 39.2 Å². The van der Waals surface area contributed by atoms with Crippen LogP contribution in [0.15, 0.2) is 23.8 Å². The van der Waals surface area contributed by atoms with E-state index in [-0.39, 0.29) is 55.1 Å². The maximum atomic E-state index is 13.1. The topological polar surface area (TPSA) is 138 Å². The molecule has 3 fully saturated rings. The molecule has 0 aromatic carbocycles. The Kier molecular flexibility index (Phi) is 6.13. The first kappa shape index (κ1) is 24.8. The summed E-state index contributed by atoms with van der Waals surface area (Å²) in [5.41, 5.74) is -2.04. The molecular weight excluding hydrogens is 440 g/mol. The van der Waals surface area contributed by atoms with Crippen LogP contribution in [0, 0.1) is 34.5 Å². The monoisotopic (exact) mass is 474 g/mol. The van der Waals surface area contributed by atoms with E-state index >= 15 is 0 Å². The van der Waals surface area contributed by atoms with Crippen LogP contribution in [0.2, 0.25) is 0 Å². The second-order valence-corrected chi connectivity index (χ2v) is 11.1. The first-order valence-electron chi connectivity index (χ1n) is 12.1. The number of carboxylic acid groups (broad SMARTS) is 1. The van der Waals surface area contributed by atoms with Crippen LogP contribution in [0.5, 0.6) is 0 Å². The molecule has 0 saturated heterocycles. The van der Waals surface area contributed by atoms with E-state index in [0.717, 1.165) is 12.0 Å². The number of aliphatic carboxylic acids is 1. The van der Waals surface area contributed by atoms with Crippen molar-refractivity contribution in [2.45, 2.75) is 71.0 Å². The molecule has 186 valence electrons. The van der Waals surface area contributed by atoms with Crippen molar-refractivity contribution in [1.29, 1.82) is 0 Å². The van der Waals surface area contributed by atoms with Gasteiger partial charge in [0.25, 0.3) is 0 Å². The van der Waals surface area contributed by atoms with Crippen LogP contribution in [-0.4, -0.2) is 57.1 Å². The molecule has 0 aliphatic heterocycles. The van der Waals surface area contributed by atoms with Crippen molar-refractivity contribution in [3.05, 3.63) is 23.8 Å². The number of carboxylic acids is 1. The smallest absolute Gasteiger partial charge is 0.306 e. The molecule has 3 N–H and O–H groups in total. The number of ether oxygens (including phenoxy) is 1. The van der Waals surface area contributed by atoms with Crippen LogP contribution in [0.1, 0.15) is 59.3 Å². The lowest BCUT2D eigenvalue weighted by Crippen LogP contribution is -2.62. The van der Waals surface area contributed by atoms with Crippen LogP contribution in [-0.2, 0) is 23.9 Å². The van der Waals surface area contributed by atoms with E-state index in [0.29, 0.717) is 6.42 Å². The van der Waals surface area contributed by atoms with E-state index in [9.17, 15) is 29.4 Å². The minimum Gasteiger partial charge on any atom is -0.481 e. The molecule has 5 unspecified atom stereocenters. The molecule has 4 aliphatic rings. The van der Waals surface area contributed by atoms with E-state index in [1.54, 1.807) is 12.2 Å². The number of rotatable bonds is 6. The second-order valence-electron chi connectivity index (χ2n) is 11.1. The zero-order valence-electron chi connectivity index (χ0n) is 20.0. The molecule has 0 amide bonds. The molecule has 4 aliphatic carbocycles. The highest BCUT2D eigenvalue weighted by atomic mass is 16.5. The molecule has 0 spiro atoms. The fraction of sp³-hybridized carbons (Fsp3) is 0.692. The summed E-state index contributed by atoms with van der Waals surface area (Å²) in [6.45, 7) is 5.40. The van der Waals surface area contributed by atoms with Crippen LogP contribution < -0.4 is 0 Å². The van der Waals surface area contributed by atoms with E-state index < -0.39 is 46.9 Å². The molecule has 3 saturated carbocycles. The van der Waals surface area contributed by atoms with Crippen molar-refractivity contribution >= 4 is 23.5 Å². The number of carbonyl (C=O) groups excluding carboxylic acids is 3. The van der Waals surface area contributed by atoms with Gasteiger partial charge in [-0.15, -0.1) is 0 Å². The number of hydrogen-bond acceptors (Lipinski definition) is 7. The fourth-order valence-electron chi connectivity index (χ4n) is 7.76. The zero-order chi connectivity index (χ0) is 25.1. The van der Waals surface area contributed by atoms with Gasteiger partial charge in [-0.1, -0.05) is 32.4 Å². The van der Waals surface area contributed by atoms with Gasteiger partial charge in [-0.05, 0) is 55.6 Å². The number of allylic oxidation sites excluding steroid dienone is 4. The second kappa shape index (κ2) is 8.41. The lowest BCUT2D eigenvalue weighted by Gasteiger charge is -2.60. The van der Waals surface area contributed by atoms with Crippen molar-refractivity contribution in [2.24, 2.45) is 34.5 Å². The van der Waals surface area contributed by atoms with Gasteiger partial charge in [-0.25, -0.2) is 0 Å². The van der Waals surface area contributed by atoms with Gasteiger partial charge in [0.05, 0.1) is 18.9 Å². The average molecular weight is 475 g/mol. The number of Topliss-reactive ketones (excluding diaryl/α,β-unsaturated/α-hetero) is 1. The Morgan fingerprint density at radius 1 is 1.21 bits per heavy atom. The number of hydrogen-bond donors (Lipinski definition) is 3. The first-order valence-corrected chi connectivity index (χ1v) is 12.1. The summed E-state index contributed by atoms with van der Waals surface area (Å²) < 4.78 is 4.98. The first-order chi connectivity index (χ1) is 15.8. The SMILES string of the molecule is CC1CC2C(C(O)C[C@@]3(C)C2CC[C@]3(O)C(=O)COC(=O)CCC(=O)O)[C@@]2(C)C=CC(=O)C=C12. The normalized spacial score (nSPS) is 42.8. The van der Waals surface area contributed by atoms with Gasteiger partial charge >= 0.3 is 11.9 Å². The highest BCUT2D eigenvalue weighted by Crippen LogP contribution is 2.67. The molecule has 8 atom stereocenters. The minimum atomic E-state index is -1.74. The predicted molar refractivity (Wildman–Crippen MR) is 120 cm³/mol.